The fourth-order valence-corrected chi connectivity index (χ4v) is 2.95. The van der Waals surface area contributed by atoms with Gasteiger partial charge in [0.1, 0.15) is 12.1 Å². The number of alkyl halides is 3. The number of hydrogen-bond acceptors (Lipinski definition) is 5. The van der Waals surface area contributed by atoms with Gasteiger partial charge in [0, 0.05) is 31.5 Å². The van der Waals surface area contributed by atoms with Gasteiger partial charge in [0.05, 0.1) is 17.2 Å². The number of para-hydroxylation sites is 1. The molecule has 4 rings (SSSR count). The summed E-state index contributed by atoms with van der Waals surface area (Å²) >= 11 is 0. The Morgan fingerprint density at radius 1 is 1.11 bits per heavy atom. The van der Waals surface area contributed by atoms with Crippen molar-refractivity contribution in [3.05, 3.63) is 60.7 Å². The van der Waals surface area contributed by atoms with Gasteiger partial charge in [-0.2, -0.15) is 18.3 Å². The fourth-order valence-electron chi connectivity index (χ4n) is 2.95. The average molecular weight is 388 g/mol. The number of benzene rings is 1. The van der Waals surface area contributed by atoms with Crippen LogP contribution in [0, 0.1) is 5.92 Å². The van der Waals surface area contributed by atoms with Gasteiger partial charge >= 0.3 is 6.18 Å². The molecule has 2 aromatic heterocycles. The van der Waals surface area contributed by atoms with Crippen LogP contribution in [-0.2, 0) is 11.0 Å². The molecule has 0 atom stereocenters. The first-order chi connectivity index (χ1) is 13.4. The third-order valence-corrected chi connectivity index (χ3v) is 4.44. The number of aromatic nitrogens is 4. The number of nitrogens with zero attached hydrogens (tertiary/aromatic N) is 5. The summed E-state index contributed by atoms with van der Waals surface area (Å²) in [5.74, 6) is 0.334. The van der Waals surface area contributed by atoms with E-state index in [1.165, 1.54) is 24.5 Å². The largest absolute Gasteiger partial charge is 0.418 e. The highest BCUT2D eigenvalue weighted by atomic mass is 19.4. The van der Waals surface area contributed by atoms with E-state index in [0.717, 1.165) is 6.07 Å². The number of carbonyl (C=O) groups is 1. The zero-order valence-electron chi connectivity index (χ0n) is 14.5. The lowest BCUT2D eigenvalue weighted by Gasteiger charge is -2.39. The summed E-state index contributed by atoms with van der Waals surface area (Å²) in [6, 6.07) is 8.44. The third kappa shape index (κ3) is 3.53. The number of amides is 1. The molecular weight excluding hydrogens is 373 g/mol. The van der Waals surface area contributed by atoms with Crippen LogP contribution in [-0.4, -0.2) is 38.7 Å². The fraction of sp³-hybridized carbons (Fsp3) is 0.222. The van der Waals surface area contributed by atoms with Crippen molar-refractivity contribution in [2.45, 2.75) is 6.18 Å². The molecule has 7 nitrogen and oxygen atoms in total. The van der Waals surface area contributed by atoms with Gasteiger partial charge in [-0.3, -0.25) is 4.79 Å². The van der Waals surface area contributed by atoms with Crippen LogP contribution in [0.3, 0.4) is 0 Å². The lowest BCUT2D eigenvalue weighted by molar-refractivity contribution is -0.137. The van der Waals surface area contributed by atoms with Crippen LogP contribution < -0.4 is 10.2 Å². The Balaban J connectivity index is 1.41. The number of anilines is 2. The van der Waals surface area contributed by atoms with Crippen molar-refractivity contribution in [3.63, 3.8) is 0 Å². The van der Waals surface area contributed by atoms with E-state index in [4.69, 9.17) is 0 Å². The predicted octanol–water partition coefficient (Wildman–Crippen LogP) is 2.76. The Morgan fingerprint density at radius 2 is 1.86 bits per heavy atom. The number of carbonyl (C=O) groups excluding carboxylic acids is 1. The molecule has 3 heterocycles. The molecule has 0 unspecified atom stereocenters. The van der Waals surface area contributed by atoms with Gasteiger partial charge < -0.3 is 10.2 Å². The van der Waals surface area contributed by atoms with Crippen molar-refractivity contribution in [3.8, 4) is 5.82 Å². The van der Waals surface area contributed by atoms with Crippen molar-refractivity contribution in [1.29, 1.82) is 0 Å². The lowest BCUT2D eigenvalue weighted by atomic mass is 9.98. The summed E-state index contributed by atoms with van der Waals surface area (Å²) in [7, 11) is 0. The molecule has 0 spiro atoms. The minimum absolute atomic E-state index is 0.235. The topological polar surface area (TPSA) is 75.9 Å². The molecule has 0 radical (unpaired) electrons. The average Bonchev–Trinajstić information content (AvgIpc) is 3.15. The van der Waals surface area contributed by atoms with Crippen molar-refractivity contribution in [2.24, 2.45) is 5.92 Å². The van der Waals surface area contributed by atoms with Gasteiger partial charge in [-0.05, 0) is 18.2 Å². The van der Waals surface area contributed by atoms with Gasteiger partial charge in [-0.25, -0.2) is 14.6 Å². The first-order valence-electron chi connectivity index (χ1n) is 8.46. The Hall–Kier alpha value is -3.43. The molecule has 144 valence electrons. The molecular formula is C18H15F3N6O. The maximum atomic E-state index is 13.1. The first-order valence-corrected chi connectivity index (χ1v) is 8.46. The number of rotatable bonds is 4. The molecule has 1 saturated heterocycles. The van der Waals surface area contributed by atoms with E-state index in [0.29, 0.717) is 24.7 Å². The second kappa shape index (κ2) is 6.95. The molecule has 3 aromatic rings. The Bertz CT molecular complexity index is 983. The highest BCUT2D eigenvalue weighted by Crippen LogP contribution is 2.35. The Labute approximate surface area is 157 Å². The first kappa shape index (κ1) is 18.0. The molecule has 0 aliphatic carbocycles. The summed E-state index contributed by atoms with van der Waals surface area (Å²) in [5.41, 5.74) is -1.10. The van der Waals surface area contributed by atoms with E-state index in [1.54, 1.807) is 29.2 Å². The molecule has 1 aromatic carbocycles. The summed E-state index contributed by atoms with van der Waals surface area (Å²) in [4.78, 5) is 22.5. The zero-order valence-corrected chi connectivity index (χ0v) is 14.5. The lowest BCUT2D eigenvalue weighted by Crippen LogP contribution is -2.52. The predicted molar refractivity (Wildman–Crippen MR) is 94.9 cm³/mol. The Kier molecular flexibility index (Phi) is 4.46. The minimum Gasteiger partial charge on any atom is -0.355 e. The number of nitrogens with one attached hydrogen (secondary N) is 1. The monoisotopic (exact) mass is 388 g/mol. The quantitative estimate of drug-likeness (QED) is 0.744. The van der Waals surface area contributed by atoms with Gasteiger partial charge in [0.15, 0.2) is 5.82 Å². The van der Waals surface area contributed by atoms with Gasteiger partial charge in [-0.1, -0.05) is 12.1 Å². The van der Waals surface area contributed by atoms with Crippen LogP contribution in [0.1, 0.15) is 5.56 Å². The molecule has 1 fully saturated rings. The molecule has 1 aliphatic rings. The second-order valence-electron chi connectivity index (χ2n) is 6.32. The van der Waals surface area contributed by atoms with Crippen molar-refractivity contribution >= 4 is 17.4 Å². The summed E-state index contributed by atoms with van der Waals surface area (Å²) < 4.78 is 40.7. The smallest absolute Gasteiger partial charge is 0.355 e. The summed E-state index contributed by atoms with van der Waals surface area (Å²) in [5, 5.41) is 6.49. The maximum absolute atomic E-state index is 13.1. The zero-order chi connectivity index (χ0) is 19.7. The van der Waals surface area contributed by atoms with Crippen LogP contribution in [0.2, 0.25) is 0 Å². The van der Waals surface area contributed by atoms with Gasteiger partial charge in [0.2, 0.25) is 5.91 Å². The molecule has 1 N–H and O–H groups in total. The Morgan fingerprint density at radius 3 is 2.57 bits per heavy atom. The summed E-state index contributed by atoms with van der Waals surface area (Å²) in [6.45, 7) is 0.713. The maximum Gasteiger partial charge on any atom is 0.418 e. The van der Waals surface area contributed by atoms with E-state index < -0.39 is 23.6 Å². The van der Waals surface area contributed by atoms with E-state index in [2.05, 4.69) is 20.4 Å². The van der Waals surface area contributed by atoms with E-state index in [1.807, 2.05) is 4.90 Å². The minimum atomic E-state index is -4.53. The van der Waals surface area contributed by atoms with Crippen molar-refractivity contribution in [1.82, 2.24) is 19.7 Å². The normalized spacial score (nSPS) is 14.6. The summed E-state index contributed by atoms with van der Waals surface area (Å²) in [6.07, 6.45) is 0.250. The standard InChI is InChI=1S/C18H15F3N6O/c19-18(20,21)13-4-1-2-5-14(13)25-17(28)12-9-26(10-12)15-8-16(23-11-22-15)27-7-3-6-24-27/h1-8,11-12H,9-10H2,(H,25,28). The van der Waals surface area contributed by atoms with Crippen molar-refractivity contribution < 1.29 is 18.0 Å². The SMILES string of the molecule is O=C(Nc1ccccc1C(F)(F)F)C1CN(c2cc(-n3cccn3)ncn2)C1. The molecule has 28 heavy (non-hydrogen) atoms. The molecule has 10 heteroatoms. The molecule has 1 amide bonds. The second-order valence-corrected chi connectivity index (χ2v) is 6.32. The van der Waals surface area contributed by atoms with Crippen LogP contribution in [0.4, 0.5) is 24.7 Å². The van der Waals surface area contributed by atoms with Gasteiger partial charge in [-0.15, -0.1) is 0 Å². The molecule has 0 bridgehead atoms. The van der Waals surface area contributed by atoms with Crippen LogP contribution in [0.5, 0.6) is 0 Å². The van der Waals surface area contributed by atoms with Crippen LogP contribution >= 0.6 is 0 Å². The van der Waals surface area contributed by atoms with E-state index in [9.17, 15) is 18.0 Å². The molecule has 1 aliphatic heterocycles. The van der Waals surface area contributed by atoms with Crippen molar-refractivity contribution in [2.75, 3.05) is 23.3 Å². The van der Waals surface area contributed by atoms with Crippen LogP contribution in [0.15, 0.2) is 55.1 Å². The highest BCUT2D eigenvalue weighted by molar-refractivity contribution is 5.95. The molecule has 0 saturated carbocycles. The number of hydrogen-bond donors (Lipinski definition) is 1. The van der Waals surface area contributed by atoms with Crippen LogP contribution in [0.25, 0.3) is 5.82 Å². The van der Waals surface area contributed by atoms with Gasteiger partial charge in [0.25, 0.3) is 0 Å². The number of halogens is 3. The van der Waals surface area contributed by atoms with E-state index in [-0.39, 0.29) is 5.69 Å². The van der Waals surface area contributed by atoms with E-state index >= 15 is 0 Å². The third-order valence-electron chi connectivity index (χ3n) is 4.44. The highest BCUT2D eigenvalue weighted by Gasteiger charge is 2.37.